The maximum Gasteiger partial charge on any atom is 0.357 e. The Balaban J connectivity index is 2.61. The van der Waals surface area contributed by atoms with Crippen molar-refractivity contribution in [1.82, 2.24) is 4.98 Å². The Morgan fingerprint density at radius 2 is 2.50 bits per heavy atom. The normalized spacial score (nSPS) is 8.58. The van der Waals surface area contributed by atoms with Gasteiger partial charge in [0, 0.05) is 6.20 Å². The van der Waals surface area contributed by atoms with Crippen LogP contribution in [0.2, 0.25) is 0 Å². The van der Waals surface area contributed by atoms with Crippen molar-refractivity contribution >= 4 is 5.97 Å². The number of ether oxygens (including phenoxy) is 1. The van der Waals surface area contributed by atoms with Gasteiger partial charge in [-0.2, -0.15) is 5.26 Å². The molecular formula is C8H6N2O2. The van der Waals surface area contributed by atoms with Crippen molar-refractivity contribution in [2.45, 2.75) is 0 Å². The van der Waals surface area contributed by atoms with Gasteiger partial charge in [0.1, 0.15) is 11.8 Å². The summed E-state index contributed by atoms with van der Waals surface area (Å²) in [4.78, 5) is 14.7. The molecule has 0 radical (unpaired) electrons. The minimum absolute atomic E-state index is 0.216. The molecule has 0 N–H and O–H groups in total. The van der Waals surface area contributed by atoms with E-state index in [1.54, 1.807) is 18.2 Å². The molecule has 1 rings (SSSR count). The van der Waals surface area contributed by atoms with Crippen molar-refractivity contribution in [3.63, 3.8) is 0 Å². The van der Waals surface area contributed by atoms with Gasteiger partial charge in [0.15, 0.2) is 6.61 Å². The first-order valence-corrected chi connectivity index (χ1v) is 3.29. The molecule has 60 valence electrons. The standard InChI is InChI=1S/C8H6N2O2/c9-4-6-12-8(11)7-3-1-2-5-10-7/h1-3,5H,6H2. The van der Waals surface area contributed by atoms with E-state index in [-0.39, 0.29) is 12.3 Å². The van der Waals surface area contributed by atoms with Crippen LogP contribution in [0, 0.1) is 11.3 Å². The summed E-state index contributed by atoms with van der Waals surface area (Å²) in [6.07, 6.45) is 1.49. The lowest BCUT2D eigenvalue weighted by atomic mass is 10.4. The van der Waals surface area contributed by atoms with E-state index < -0.39 is 5.97 Å². The highest BCUT2D eigenvalue weighted by Crippen LogP contribution is 1.95. The third-order valence-corrected chi connectivity index (χ3v) is 1.14. The Kier molecular flexibility index (Phi) is 2.79. The number of carbonyl (C=O) groups excluding carboxylic acids is 1. The molecule has 12 heavy (non-hydrogen) atoms. The van der Waals surface area contributed by atoms with Crippen LogP contribution in [0.3, 0.4) is 0 Å². The van der Waals surface area contributed by atoms with Gasteiger partial charge in [0.05, 0.1) is 0 Å². The summed E-state index contributed by atoms with van der Waals surface area (Å²) in [5, 5.41) is 8.11. The molecule has 0 aromatic carbocycles. The predicted molar refractivity (Wildman–Crippen MR) is 40.1 cm³/mol. The molecule has 0 bridgehead atoms. The summed E-state index contributed by atoms with van der Waals surface area (Å²) in [5.41, 5.74) is 0.216. The predicted octanol–water partition coefficient (Wildman–Crippen LogP) is 0.762. The molecule has 4 heteroatoms. The molecule has 4 nitrogen and oxygen atoms in total. The van der Waals surface area contributed by atoms with Crippen molar-refractivity contribution in [2.24, 2.45) is 0 Å². The lowest BCUT2D eigenvalue weighted by Gasteiger charge is -1.97. The average Bonchev–Trinajstić information content (AvgIpc) is 2.15. The zero-order valence-electron chi connectivity index (χ0n) is 6.23. The smallest absolute Gasteiger partial charge is 0.357 e. The first-order chi connectivity index (χ1) is 5.84. The molecule has 0 aliphatic carbocycles. The van der Waals surface area contributed by atoms with Gasteiger partial charge in [-0.1, -0.05) is 6.07 Å². The molecule has 0 fully saturated rings. The number of carbonyl (C=O) groups is 1. The zero-order chi connectivity index (χ0) is 8.81. The van der Waals surface area contributed by atoms with Gasteiger partial charge in [-0.05, 0) is 12.1 Å². The zero-order valence-corrected chi connectivity index (χ0v) is 6.23. The Bertz CT molecular complexity index is 303. The highest BCUT2D eigenvalue weighted by molar-refractivity contribution is 5.87. The number of nitrogens with zero attached hydrogens (tertiary/aromatic N) is 2. The van der Waals surface area contributed by atoms with Gasteiger partial charge in [-0.3, -0.25) is 0 Å². The number of rotatable bonds is 2. The molecule has 0 aliphatic heterocycles. The summed E-state index contributed by atoms with van der Waals surface area (Å²) >= 11 is 0. The second-order valence-electron chi connectivity index (χ2n) is 1.95. The number of nitriles is 1. The average molecular weight is 162 g/mol. The van der Waals surface area contributed by atoms with Crippen molar-refractivity contribution in [1.29, 1.82) is 5.26 Å². The van der Waals surface area contributed by atoms with Crippen LogP contribution >= 0.6 is 0 Å². The SMILES string of the molecule is N#CCOC(=O)c1ccccn1. The van der Waals surface area contributed by atoms with E-state index in [1.165, 1.54) is 12.3 Å². The minimum atomic E-state index is -0.572. The van der Waals surface area contributed by atoms with Gasteiger partial charge >= 0.3 is 5.97 Å². The monoisotopic (exact) mass is 162 g/mol. The van der Waals surface area contributed by atoms with Gasteiger partial charge in [-0.15, -0.1) is 0 Å². The molecule has 0 aliphatic rings. The maximum atomic E-state index is 11.0. The minimum Gasteiger partial charge on any atom is -0.446 e. The molecule has 1 aromatic rings. The highest BCUT2D eigenvalue weighted by atomic mass is 16.5. The van der Waals surface area contributed by atoms with Crippen LogP contribution in [0.5, 0.6) is 0 Å². The highest BCUT2D eigenvalue weighted by Gasteiger charge is 2.05. The lowest BCUT2D eigenvalue weighted by Crippen LogP contribution is -2.06. The van der Waals surface area contributed by atoms with E-state index in [9.17, 15) is 4.79 Å². The molecule has 0 atom stereocenters. The van der Waals surface area contributed by atoms with E-state index >= 15 is 0 Å². The van der Waals surface area contributed by atoms with Crippen LogP contribution in [0.15, 0.2) is 24.4 Å². The number of aromatic nitrogens is 1. The van der Waals surface area contributed by atoms with Crippen LogP contribution in [-0.2, 0) is 4.74 Å². The molecular weight excluding hydrogens is 156 g/mol. The first kappa shape index (κ1) is 8.21. The number of esters is 1. The van der Waals surface area contributed by atoms with Gasteiger partial charge in [0.25, 0.3) is 0 Å². The molecule has 1 heterocycles. The summed E-state index contributed by atoms with van der Waals surface area (Å²) in [6, 6.07) is 6.60. The number of pyridine rings is 1. The first-order valence-electron chi connectivity index (χ1n) is 3.29. The summed E-state index contributed by atoms with van der Waals surface area (Å²) < 4.78 is 4.51. The molecule has 0 saturated heterocycles. The van der Waals surface area contributed by atoms with E-state index in [2.05, 4.69) is 9.72 Å². The molecule has 0 unspecified atom stereocenters. The Labute approximate surface area is 69.4 Å². The van der Waals surface area contributed by atoms with Crippen LogP contribution in [-0.4, -0.2) is 17.6 Å². The van der Waals surface area contributed by atoms with Crippen molar-refractivity contribution in [2.75, 3.05) is 6.61 Å². The Morgan fingerprint density at radius 3 is 3.08 bits per heavy atom. The van der Waals surface area contributed by atoms with Gasteiger partial charge in [-0.25, -0.2) is 9.78 Å². The lowest BCUT2D eigenvalue weighted by molar-refractivity contribution is 0.0548. The van der Waals surface area contributed by atoms with Crippen LogP contribution in [0.25, 0.3) is 0 Å². The quantitative estimate of drug-likeness (QED) is 0.602. The van der Waals surface area contributed by atoms with Crippen LogP contribution in [0.4, 0.5) is 0 Å². The largest absolute Gasteiger partial charge is 0.446 e. The van der Waals surface area contributed by atoms with Crippen molar-refractivity contribution < 1.29 is 9.53 Å². The number of hydrogen-bond donors (Lipinski definition) is 0. The third-order valence-electron chi connectivity index (χ3n) is 1.14. The molecule has 1 aromatic heterocycles. The van der Waals surface area contributed by atoms with E-state index in [0.717, 1.165) is 0 Å². The summed E-state index contributed by atoms with van der Waals surface area (Å²) in [6.45, 7) is -0.241. The topological polar surface area (TPSA) is 63.0 Å². The fourth-order valence-corrected chi connectivity index (χ4v) is 0.655. The third kappa shape index (κ3) is 2.06. The maximum absolute atomic E-state index is 11.0. The van der Waals surface area contributed by atoms with E-state index in [1.807, 2.05) is 0 Å². The molecule has 0 amide bonds. The fraction of sp³-hybridized carbons (Fsp3) is 0.125. The Hall–Kier alpha value is -1.89. The Morgan fingerprint density at radius 1 is 1.67 bits per heavy atom. The number of hydrogen-bond acceptors (Lipinski definition) is 4. The van der Waals surface area contributed by atoms with Crippen LogP contribution in [0.1, 0.15) is 10.5 Å². The van der Waals surface area contributed by atoms with Crippen LogP contribution < -0.4 is 0 Å². The van der Waals surface area contributed by atoms with E-state index in [0.29, 0.717) is 0 Å². The van der Waals surface area contributed by atoms with E-state index in [4.69, 9.17) is 5.26 Å². The summed E-state index contributed by atoms with van der Waals surface area (Å²) in [7, 11) is 0. The van der Waals surface area contributed by atoms with Crippen molar-refractivity contribution in [3.05, 3.63) is 30.1 Å². The van der Waals surface area contributed by atoms with Gasteiger partial charge in [0.2, 0.25) is 0 Å². The molecule has 0 saturated carbocycles. The second kappa shape index (κ2) is 4.09. The second-order valence-corrected chi connectivity index (χ2v) is 1.95. The fourth-order valence-electron chi connectivity index (χ4n) is 0.655. The van der Waals surface area contributed by atoms with Crippen molar-refractivity contribution in [3.8, 4) is 6.07 Å². The molecule has 0 spiro atoms. The summed E-state index contributed by atoms with van der Waals surface area (Å²) in [5.74, 6) is -0.572. The van der Waals surface area contributed by atoms with Gasteiger partial charge < -0.3 is 4.74 Å².